The SMILES string of the molecule is CC#CCNc1ncncc1Cl. The highest BCUT2D eigenvalue weighted by Crippen LogP contribution is 2.14. The fourth-order valence-electron chi connectivity index (χ4n) is 0.659. The molecule has 0 unspecified atom stereocenters. The molecule has 12 heavy (non-hydrogen) atoms. The van der Waals surface area contributed by atoms with Gasteiger partial charge in [-0.2, -0.15) is 0 Å². The molecule has 0 aromatic carbocycles. The Morgan fingerprint density at radius 3 is 3.17 bits per heavy atom. The van der Waals surface area contributed by atoms with Crippen LogP contribution in [0.5, 0.6) is 0 Å². The lowest BCUT2D eigenvalue weighted by molar-refractivity contribution is 1.14. The van der Waals surface area contributed by atoms with Crippen LogP contribution in [-0.2, 0) is 0 Å². The summed E-state index contributed by atoms with van der Waals surface area (Å²) in [6, 6.07) is 0. The Balaban J connectivity index is 2.61. The molecule has 0 fully saturated rings. The first-order valence-corrected chi connectivity index (χ1v) is 3.81. The molecule has 1 heterocycles. The first-order chi connectivity index (χ1) is 5.84. The van der Waals surface area contributed by atoms with E-state index in [1.807, 2.05) is 0 Å². The summed E-state index contributed by atoms with van der Waals surface area (Å²) in [4.78, 5) is 7.68. The van der Waals surface area contributed by atoms with Gasteiger partial charge in [0.25, 0.3) is 0 Å². The van der Waals surface area contributed by atoms with E-state index in [0.29, 0.717) is 17.4 Å². The van der Waals surface area contributed by atoms with Gasteiger partial charge in [-0.25, -0.2) is 9.97 Å². The normalized spacial score (nSPS) is 8.50. The molecule has 0 atom stereocenters. The fourth-order valence-corrected chi connectivity index (χ4v) is 0.831. The third-order valence-electron chi connectivity index (χ3n) is 1.19. The van der Waals surface area contributed by atoms with Gasteiger partial charge < -0.3 is 5.32 Å². The molecule has 1 aromatic rings. The van der Waals surface area contributed by atoms with E-state index < -0.39 is 0 Å². The summed E-state index contributed by atoms with van der Waals surface area (Å²) < 4.78 is 0. The predicted octanol–water partition coefficient (Wildman–Crippen LogP) is 1.57. The van der Waals surface area contributed by atoms with Crippen molar-refractivity contribution < 1.29 is 0 Å². The average molecular weight is 182 g/mol. The van der Waals surface area contributed by atoms with E-state index in [9.17, 15) is 0 Å². The van der Waals surface area contributed by atoms with E-state index in [1.165, 1.54) is 12.5 Å². The van der Waals surface area contributed by atoms with E-state index in [4.69, 9.17) is 11.6 Å². The summed E-state index contributed by atoms with van der Waals surface area (Å²) in [5, 5.41) is 3.47. The number of nitrogens with one attached hydrogen (secondary N) is 1. The topological polar surface area (TPSA) is 37.8 Å². The maximum Gasteiger partial charge on any atom is 0.148 e. The van der Waals surface area contributed by atoms with Gasteiger partial charge in [0.2, 0.25) is 0 Å². The summed E-state index contributed by atoms with van der Waals surface area (Å²) in [6.07, 6.45) is 2.98. The first kappa shape index (κ1) is 8.82. The van der Waals surface area contributed by atoms with Crippen molar-refractivity contribution in [3.8, 4) is 11.8 Å². The van der Waals surface area contributed by atoms with E-state index >= 15 is 0 Å². The Kier molecular flexibility index (Phi) is 3.36. The van der Waals surface area contributed by atoms with Crippen molar-refractivity contribution in [1.29, 1.82) is 0 Å². The Labute approximate surface area is 76.2 Å². The molecule has 0 spiro atoms. The molecule has 0 amide bonds. The summed E-state index contributed by atoms with van der Waals surface area (Å²) in [5.74, 6) is 6.22. The Morgan fingerprint density at radius 2 is 2.50 bits per heavy atom. The zero-order valence-corrected chi connectivity index (χ0v) is 7.39. The molecule has 1 aromatic heterocycles. The summed E-state index contributed by atoms with van der Waals surface area (Å²) >= 11 is 5.77. The molecule has 0 bridgehead atoms. The Morgan fingerprint density at radius 1 is 1.67 bits per heavy atom. The molecule has 0 radical (unpaired) electrons. The third-order valence-corrected chi connectivity index (χ3v) is 1.47. The molecule has 0 aliphatic heterocycles. The first-order valence-electron chi connectivity index (χ1n) is 3.43. The largest absolute Gasteiger partial charge is 0.358 e. The number of rotatable bonds is 2. The minimum absolute atomic E-state index is 0.510. The van der Waals surface area contributed by atoms with E-state index in [-0.39, 0.29) is 0 Å². The van der Waals surface area contributed by atoms with Gasteiger partial charge in [-0.15, -0.1) is 5.92 Å². The highest BCUT2D eigenvalue weighted by atomic mass is 35.5. The lowest BCUT2D eigenvalue weighted by atomic mass is 10.5. The average Bonchev–Trinajstić information content (AvgIpc) is 2.09. The lowest BCUT2D eigenvalue weighted by Gasteiger charge is -2.00. The van der Waals surface area contributed by atoms with Crippen LogP contribution in [0.1, 0.15) is 6.92 Å². The van der Waals surface area contributed by atoms with Crippen LogP contribution in [0, 0.1) is 11.8 Å². The molecule has 4 heteroatoms. The van der Waals surface area contributed by atoms with Crippen molar-refractivity contribution in [3.63, 3.8) is 0 Å². The molecule has 0 aliphatic rings. The van der Waals surface area contributed by atoms with Crippen LogP contribution in [0.25, 0.3) is 0 Å². The number of hydrogen-bond donors (Lipinski definition) is 1. The quantitative estimate of drug-likeness (QED) is 0.704. The number of hydrogen-bond acceptors (Lipinski definition) is 3. The van der Waals surface area contributed by atoms with Crippen LogP contribution in [0.15, 0.2) is 12.5 Å². The highest BCUT2D eigenvalue weighted by Gasteiger charge is 1.97. The summed E-state index contributed by atoms with van der Waals surface area (Å²) in [6.45, 7) is 2.33. The second kappa shape index (κ2) is 4.58. The maximum atomic E-state index is 5.77. The van der Waals surface area contributed by atoms with Crippen LogP contribution in [0.3, 0.4) is 0 Å². The number of aromatic nitrogens is 2. The van der Waals surface area contributed by atoms with Crippen molar-refractivity contribution in [1.82, 2.24) is 9.97 Å². The van der Waals surface area contributed by atoms with E-state index in [1.54, 1.807) is 6.92 Å². The van der Waals surface area contributed by atoms with Gasteiger partial charge in [-0.3, -0.25) is 0 Å². The third kappa shape index (κ3) is 2.40. The van der Waals surface area contributed by atoms with Gasteiger partial charge in [-0.05, 0) is 6.92 Å². The predicted molar refractivity (Wildman–Crippen MR) is 49.0 cm³/mol. The number of halogens is 1. The molecule has 3 nitrogen and oxygen atoms in total. The van der Waals surface area contributed by atoms with Gasteiger partial charge in [0.15, 0.2) is 0 Å². The molecular formula is C8H8ClN3. The minimum atomic E-state index is 0.510. The van der Waals surface area contributed by atoms with Crippen molar-refractivity contribution in [2.45, 2.75) is 6.92 Å². The number of anilines is 1. The second-order valence-electron chi connectivity index (χ2n) is 2.00. The van der Waals surface area contributed by atoms with Crippen molar-refractivity contribution >= 4 is 17.4 Å². The van der Waals surface area contributed by atoms with Crippen molar-refractivity contribution in [2.75, 3.05) is 11.9 Å². The Hall–Kier alpha value is -1.27. The number of nitrogens with zero attached hydrogens (tertiary/aromatic N) is 2. The monoisotopic (exact) mass is 181 g/mol. The standard InChI is InChI=1S/C8H8ClN3/c1-2-3-4-11-8-7(9)5-10-6-12-8/h5-6H,4H2,1H3,(H,10,11,12). The van der Waals surface area contributed by atoms with Gasteiger partial charge >= 0.3 is 0 Å². The van der Waals surface area contributed by atoms with Crippen LogP contribution < -0.4 is 5.32 Å². The molecule has 0 saturated heterocycles. The van der Waals surface area contributed by atoms with Crippen LogP contribution in [0.4, 0.5) is 5.82 Å². The van der Waals surface area contributed by atoms with Gasteiger partial charge in [-0.1, -0.05) is 17.5 Å². The van der Waals surface area contributed by atoms with Crippen molar-refractivity contribution in [2.24, 2.45) is 0 Å². The molecule has 0 aliphatic carbocycles. The Bertz CT molecular complexity index is 314. The molecule has 1 N–H and O–H groups in total. The minimum Gasteiger partial charge on any atom is -0.358 e. The molecule has 1 rings (SSSR count). The van der Waals surface area contributed by atoms with Crippen molar-refractivity contribution in [3.05, 3.63) is 17.5 Å². The zero-order valence-electron chi connectivity index (χ0n) is 6.63. The van der Waals surface area contributed by atoms with Crippen LogP contribution >= 0.6 is 11.6 Å². The van der Waals surface area contributed by atoms with E-state index in [0.717, 1.165) is 0 Å². The molecular weight excluding hydrogens is 174 g/mol. The van der Waals surface area contributed by atoms with Gasteiger partial charge in [0.05, 0.1) is 12.7 Å². The maximum absolute atomic E-state index is 5.77. The summed E-state index contributed by atoms with van der Waals surface area (Å²) in [7, 11) is 0. The summed E-state index contributed by atoms with van der Waals surface area (Å²) in [5.41, 5.74) is 0. The van der Waals surface area contributed by atoms with Gasteiger partial charge in [0.1, 0.15) is 17.2 Å². The molecule has 62 valence electrons. The molecule has 0 saturated carbocycles. The van der Waals surface area contributed by atoms with E-state index in [2.05, 4.69) is 27.1 Å². The zero-order chi connectivity index (χ0) is 8.81. The highest BCUT2D eigenvalue weighted by molar-refractivity contribution is 6.32. The lowest BCUT2D eigenvalue weighted by Crippen LogP contribution is -2.01. The second-order valence-corrected chi connectivity index (χ2v) is 2.41. The smallest absolute Gasteiger partial charge is 0.148 e. The van der Waals surface area contributed by atoms with Crippen LogP contribution in [0.2, 0.25) is 5.02 Å². The fraction of sp³-hybridized carbons (Fsp3) is 0.250. The van der Waals surface area contributed by atoms with Crippen LogP contribution in [-0.4, -0.2) is 16.5 Å². The van der Waals surface area contributed by atoms with Gasteiger partial charge in [0, 0.05) is 0 Å².